The van der Waals surface area contributed by atoms with Crippen LogP contribution in [0.5, 0.6) is 0 Å². The number of carbonyl (C=O) groups excluding carboxylic acids is 3. The van der Waals surface area contributed by atoms with Gasteiger partial charge in [-0.15, -0.1) is 0 Å². The van der Waals surface area contributed by atoms with Gasteiger partial charge in [-0.05, 0) is 48.0 Å². The highest BCUT2D eigenvalue weighted by Gasteiger charge is 2.37. The highest BCUT2D eigenvalue weighted by molar-refractivity contribution is 6.44. The van der Waals surface area contributed by atoms with Crippen molar-refractivity contribution in [2.45, 2.75) is 6.61 Å². The van der Waals surface area contributed by atoms with Gasteiger partial charge >= 0.3 is 5.97 Å². The van der Waals surface area contributed by atoms with Crippen molar-refractivity contribution in [2.24, 2.45) is 0 Å². The molecule has 1 aliphatic heterocycles. The second-order valence-corrected chi connectivity index (χ2v) is 7.76. The first-order valence-corrected chi connectivity index (χ1v) is 9.88. The largest absolute Gasteiger partial charge is 0.457 e. The highest BCUT2D eigenvalue weighted by Crippen LogP contribution is 2.34. The van der Waals surface area contributed by atoms with Gasteiger partial charge < -0.3 is 4.74 Å². The molecule has 2 amide bonds. The first kappa shape index (κ1) is 20.4. The molecule has 0 bridgehead atoms. The number of imide groups is 1. The van der Waals surface area contributed by atoms with Crippen LogP contribution < -0.4 is 4.90 Å². The summed E-state index contributed by atoms with van der Waals surface area (Å²) in [5, 5.41) is 0.942. The van der Waals surface area contributed by atoms with Gasteiger partial charge in [0.15, 0.2) is 0 Å². The van der Waals surface area contributed by atoms with Crippen molar-refractivity contribution < 1.29 is 19.1 Å². The number of anilines is 1. The first-order chi connectivity index (χ1) is 14.3. The third kappa shape index (κ3) is 3.79. The number of hydrogen-bond donors (Lipinski definition) is 0. The van der Waals surface area contributed by atoms with Gasteiger partial charge in [0.05, 0.1) is 32.4 Å². The van der Waals surface area contributed by atoms with E-state index in [9.17, 15) is 14.4 Å². The van der Waals surface area contributed by atoms with E-state index in [1.54, 1.807) is 42.5 Å². The van der Waals surface area contributed by atoms with Crippen molar-refractivity contribution in [3.05, 3.63) is 98.0 Å². The van der Waals surface area contributed by atoms with E-state index in [-0.39, 0.29) is 39.0 Å². The van der Waals surface area contributed by atoms with Crippen LogP contribution in [0.15, 0.2) is 60.7 Å². The maximum absolute atomic E-state index is 12.8. The van der Waals surface area contributed by atoms with Crippen molar-refractivity contribution in [2.75, 3.05) is 4.90 Å². The van der Waals surface area contributed by atoms with Crippen LogP contribution in [-0.2, 0) is 11.3 Å². The number of benzene rings is 3. The fraction of sp³-hybridized carbons (Fsp3) is 0.0455. The molecule has 0 fully saturated rings. The number of carbonyl (C=O) groups is 3. The molecule has 5 nitrogen and oxygen atoms in total. The number of rotatable bonds is 4. The molecule has 0 radical (unpaired) electrons. The average Bonchev–Trinajstić information content (AvgIpc) is 2.97. The van der Waals surface area contributed by atoms with Gasteiger partial charge in [0, 0.05) is 5.02 Å². The SMILES string of the molecule is O=C(OCc1ccc(Cl)cc1)c1cccc(N2C(=O)c3cc(Cl)c(Cl)cc3C2=O)c1. The Balaban J connectivity index is 1.56. The molecule has 1 heterocycles. The second-order valence-electron chi connectivity index (χ2n) is 6.51. The third-order valence-corrected chi connectivity index (χ3v) is 5.52. The van der Waals surface area contributed by atoms with Crippen LogP contribution in [0, 0.1) is 0 Å². The molecule has 1 aliphatic rings. The minimum absolute atomic E-state index is 0.0598. The predicted molar refractivity (Wildman–Crippen MR) is 115 cm³/mol. The van der Waals surface area contributed by atoms with Crippen molar-refractivity contribution in [1.29, 1.82) is 0 Å². The van der Waals surface area contributed by atoms with Gasteiger partial charge in [0.1, 0.15) is 6.61 Å². The van der Waals surface area contributed by atoms with E-state index in [0.717, 1.165) is 10.5 Å². The van der Waals surface area contributed by atoms with Gasteiger partial charge in [-0.1, -0.05) is 53.0 Å². The van der Waals surface area contributed by atoms with E-state index in [1.165, 1.54) is 18.2 Å². The van der Waals surface area contributed by atoms with Crippen molar-refractivity contribution in [1.82, 2.24) is 0 Å². The Bertz CT molecular complexity index is 1150. The summed E-state index contributed by atoms with van der Waals surface area (Å²) in [7, 11) is 0. The van der Waals surface area contributed by atoms with Crippen LogP contribution in [0.3, 0.4) is 0 Å². The monoisotopic (exact) mass is 459 g/mol. The van der Waals surface area contributed by atoms with Crippen LogP contribution in [0.1, 0.15) is 36.6 Å². The summed E-state index contributed by atoms with van der Waals surface area (Å²) in [4.78, 5) is 39.0. The lowest BCUT2D eigenvalue weighted by molar-refractivity contribution is 0.0472. The van der Waals surface area contributed by atoms with Gasteiger partial charge in [-0.3, -0.25) is 9.59 Å². The van der Waals surface area contributed by atoms with Gasteiger partial charge in [-0.25, -0.2) is 9.69 Å². The predicted octanol–water partition coefficient (Wildman–Crippen LogP) is 5.80. The second kappa shape index (κ2) is 8.11. The van der Waals surface area contributed by atoms with Crippen LogP contribution in [-0.4, -0.2) is 17.8 Å². The van der Waals surface area contributed by atoms with Crippen molar-refractivity contribution in [3.63, 3.8) is 0 Å². The molecule has 3 aromatic carbocycles. The number of amides is 2. The van der Waals surface area contributed by atoms with Crippen LogP contribution in [0.2, 0.25) is 15.1 Å². The highest BCUT2D eigenvalue weighted by atomic mass is 35.5. The number of nitrogens with zero attached hydrogens (tertiary/aromatic N) is 1. The van der Waals surface area contributed by atoms with Crippen LogP contribution in [0.25, 0.3) is 0 Å². The van der Waals surface area contributed by atoms with E-state index in [1.807, 2.05) is 0 Å². The summed E-state index contributed by atoms with van der Waals surface area (Å²) >= 11 is 17.8. The molecule has 150 valence electrons. The minimum atomic E-state index is -0.588. The molecule has 0 atom stereocenters. The number of fused-ring (bicyclic) bond motifs is 1. The Labute approximate surface area is 186 Å². The van der Waals surface area contributed by atoms with Crippen molar-refractivity contribution in [3.8, 4) is 0 Å². The van der Waals surface area contributed by atoms with Crippen LogP contribution >= 0.6 is 34.8 Å². The van der Waals surface area contributed by atoms with Gasteiger partial charge in [-0.2, -0.15) is 0 Å². The number of esters is 1. The first-order valence-electron chi connectivity index (χ1n) is 8.74. The number of hydrogen-bond acceptors (Lipinski definition) is 4. The smallest absolute Gasteiger partial charge is 0.338 e. The number of ether oxygens (including phenoxy) is 1. The molecule has 3 aromatic rings. The molecule has 0 aromatic heterocycles. The zero-order chi connectivity index (χ0) is 21.4. The van der Waals surface area contributed by atoms with E-state index in [4.69, 9.17) is 39.5 Å². The summed E-state index contributed by atoms with van der Waals surface area (Å²) in [5.74, 6) is -1.67. The van der Waals surface area contributed by atoms with E-state index in [2.05, 4.69) is 0 Å². The average molecular weight is 461 g/mol. The molecule has 0 aliphatic carbocycles. The third-order valence-electron chi connectivity index (χ3n) is 4.55. The fourth-order valence-electron chi connectivity index (χ4n) is 3.05. The summed E-state index contributed by atoms with van der Waals surface area (Å²) in [6.45, 7) is 0.0598. The molecule has 4 rings (SSSR count). The minimum Gasteiger partial charge on any atom is -0.457 e. The molecule has 0 saturated heterocycles. The fourth-order valence-corrected chi connectivity index (χ4v) is 3.51. The van der Waals surface area contributed by atoms with E-state index < -0.39 is 17.8 Å². The summed E-state index contributed by atoms with van der Waals surface area (Å²) in [6.07, 6.45) is 0. The lowest BCUT2D eigenvalue weighted by Gasteiger charge is -2.15. The lowest BCUT2D eigenvalue weighted by atomic mass is 10.1. The standard InChI is InChI=1S/C22H12Cl3NO4/c23-14-6-4-12(5-7-14)11-30-22(29)13-2-1-3-15(8-13)26-20(27)16-9-18(24)19(25)10-17(16)21(26)28/h1-10H,11H2. The molecule has 0 saturated carbocycles. The molecular weight excluding hydrogens is 449 g/mol. The van der Waals surface area contributed by atoms with Gasteiger partial charge in [0.25, 0.3) is 11.8 Å². The Morgan fingerprint density at radius 3 is 2.03 bits per heavy atom. The van der Waals surface area contributed by atoms with Crippen molar-refractivity contribution >= 4 is 58.3 Å². The Morgan fingerprint density at radius 1 is 0.833 bits per heavy atom. The van der Waals surface area contributed by atoms with E-state index >= 15 is 0 Å². The zero-order valence-corrected chi connectivity index (χ0v) is 17.5. The molecule has 0 unspecified atom stereocenters. The maximum atomic E-state index is 12.8. The molecule has 0 spiro atoms. The summed E-state index contributed by atoms with van der Waals surface area (Å²) in [5.41, 5.74) is 1.54. The Kier molecular flexibility index (Phi) is 5.52. The van der Waals surface area contributed by atoms with Crippen LogP contribution in [0.4, 0.5) is 5.69 Å². The number of halogens is 3. The van der Waals surface area contributed by atoms with E-state index in [0.29, 0.717) is 5.02 Å². The molecule has 30 heavy (non-hydrogen) atoms. The normalized spacial score (nSPS) is 12.8. The Morgan fingerprint density at radius 2 is 1.43 bits per heavy atom. The zero-order valence-electron chi connectivity index (χ0n) is 15.2. The molecule has 0 N–H and O–H groups in total. The maximum Gasteiger partial charge on any atom is 0.338 e. The molecule has 8 heteroatoms. The molecular formula is C22H12Cl3NO4. The topological polar surface area (TPSA) is 63.7 Å². The quantitative estimate of drug-likeness (QED) is 0.364. The lowest BCUT2D eigenvalue weighted by Crippen LogP contribution is -2.29. The Hall–Kier alpha value is -2.86. The van der Waals surface area contributed by atoms with Gasteiger partial charge in [0.2, 0.25) is 0 Å². The summed E-state index contributed by atoms with van der Waals surface area (Å²) in [6, 6.07) is 15.7. The summed E-state index contributed by atoms with van der Waals surface area (Å²) < 4.78 is 5.31.